The number of methoxy groups -OCH3 is 1. The van der Waals surface area contributed by atoms with Gasteiger partial charge in [0.05, 0.1) is 12.7 Å². The zero-order chi connectivity index (χ0) is 19.9. The lowest BCUT2D eigenvalue weighted by Crippen LogP contribution is -2.29. The van der Waals surface area contributed by atoms with Gasteiger partial charge in [-0.15, -0.1) is 0 Å². The fraction of sp³-hybridized carbons (Fsp3) is 0.318. The number of aliphatic imine (C=N–C) groups is 1. The predicted octanol–water partition coefficient (Wildman–Crippen LogP) is 3.20. The molecule has 146 valence electrons. The van der Waals surface area contributed by atoms with Crippen molar-refractivity contribution in [3.63, 3.8) is 0 Å². The lowest BCUT2D eigenvalue weighted by Gasteiger charge is -2.20. The van der Waals surface area contributed by atoms with Crippen LogP contribution in [-0.4, -0.2) is 37.9 Å². The molecule has 0 fully saturated rings. The summed E-state index contributed by atoms with van der Waals surface area (Å²) in [6, 6.07) is 14.6. The molecule has 28 heavy (non-hydrogen) atoms. The number of nitrogens with zero attached hydrogens (tertiary/aromatic N) is 2. The van der Waals surface area contributed by atoms with E-state index in [2.05, 4.69) is 22.0 Å². The van der Waals surface area contributed by atoms with Gasteiger partial charge in [-0.05, 0) is 49.2 Å². The van der Waals surface area contributed by atoms with Gasteiger partial charge in [0, 0.05) is 24.2 Å². The van der Waals surface area contributed by atoms with Crippen LogP contribution in [0.5, 0.6) is 0 Å². The van der Waals surface area contributed by atoms with Crippen molar-refractivity contribution >= 4 is 23.4 Å². The molecule has 2 aromatic rings. The second-order valence-corrected chi connectivity index (χ2v) is 6.71. The number of para-hydroxylation sites is 1. The Morgan fingerprint density at radius 1 is 1.07 bits per heavy atom. The van der Waals surface area contributed by atoms with E-state index < -0.39 is 5.97 Å². The molecule has 0 saturated carbocycles. The first-order chi connectivity index (χ1) is 13.6. The molecule has 0 aliphatic carbocycles. The van der Waals surface area contributed by atoms with Crippen LogP contribution in [0.2, 0.25) is 0 Å². The molecule has 0 atom stereocenters. The summed E-state index contributed by atoms with van der Waals surface area (Å²) in [6.07, 6.45) is 3.63. The lowest BCUT2D eigenvalue weighted by molar-refractivity contribution is 0.0600. The van der Waals surface area contributed by atoms with Gasteiger partial charge in [0.15, 0.2) is 0 Å². The molecule has 0 aromatic heterocycles. The number of rotatable bonds is 7. The van der Waals surface area contributed by atoms with E-state index in [1.165, 1.54) is 13.2 Å². The Bertz CT molecular complexity index is 892. The summed E-state index contributed by atoms with van der Waals surface area (Å²) >= 11 is 0. The maximum atomic E-state index is 12.8. The zero-order valence-corrected chi connectivity index (χ0v) is 16.1. The molecular formula is C22H25N3O3. The van der Waals surface area contributed by atoms with Gasteiger partial charge >= 0.3 is 5.97 Å². The molecule has 0 spiro atoms. The van der Waals surface area contributed by atoms with Crippen LogP contribution in [0, 0.1) is 0 Å². The molecule has 0 saturated heterocycles. The Morgan fingerprint density at radius 3 is 2.64 bits per heavy atom. The van der Waals surface area contributed by atoms with Crippen molar-refractivity contribution in [1.82, 2.24) is 0 Å². The fourth-order valence-corrected chi connectivity index (χ4v) is 3.35. The number of hydrogen-bond acceptors (Lipinski definition) is 4. The smallest absolute Gasteiger partial charge is 0.337 e. The number of anilines is 1. The van der Waals surface area contributed by atoms with Gasteiger partial charge in [0.2, 0.25) is 0 Å². The molecule has 1 heterocycles. The van der Waals surface area contributed by atoms with Gasteiger partial charge < -0.3 is 15.4 Å². The third-order valence-corrected chi connectivity index (χ3v) is 4.79. The van der Waals surface area contributed by atoms with Crippen LogP contribution in [0.4, 0.5) is 5.69 Å². The normalized spacial score (nSPS) is 14.2. The van der Waals surface area contributed by atoms with Crippen LogP contribution in [0.25, 0.3) is 0 Å². The van der Waals surface area contributed by atoms with Crippen molar-refractivity contribution in [3.8, 4) is 0 Å². The highest BCUT2D eigenvalue weighted by atomic mass is 16.5. The Morgan fingerprint density at radius 2 is 1.86 bits per heavy atom. The van der Waals surface area contributed by atoms with Gasteiger partial charge in [-0.1, -0.05) is 30.7 Å². The summed E-state index contributed by atoms with van der Waals surface area (Å²) in [5, 5.41) is 0. The van der Waals surface area contributed by atoms with Gasteiger partial charge in [-0.2, -0.15) is 4.99 Å². The van der Waals surface area contributed by atoms with Crippen molar-refractivity contribution in [2.75, 3.05) is 25.1 Å². The number of fused-ring (bicyclic) bond motifs is 1. The number of esters is 1. The highest BCUT2D eigenvalue weighted by molar-refractivity contribution is 6.12. The van der Waals surface area contributed by atoms with E-state index in [9.17, 15) is 9.59 Å². The first-order valence-corrected chi connectivity index (χ1v) is 9.50. The van der Waals surface area contributed by atoms with Crippen LogP contribution in [0.15, 0.2) is 53.5 Å². The summed E-state index contributed by atoms with van der Waals surface area (Å²) in [6.45, 7) is 1.48. The molecule has 2 N–H and O–H groups in total. The first-order valence-electron chi connectivity index (χ1n) is 9.50. The molecular weight excluding hydrogens is 354 g/mol. The van der Waals surface area contributed by atoms with E-state index in [1.807, 2.05) is 12.1 Å². The van der Waals surface area contributed by atoms with Gasteiger partial charge in [0.25, 0.3) is 5.91 Å². The van der Waals surface area contributed by atoms with Crippen LogP contribution in [0.1, 0.15) is 45.5 Å². The van der Waals surface area contributed by atoms with Crippen LogP contribution in [-0.2, 0) is 11.2 Å². The molecule has 1 amide bonds. The van der Waals surface area contributed by atoms with E-state index in [0.29, 0.717) is 24.1 Å². The Balaban J connectivity index is 1.83. The van der Waals surface area contributed by atoms with E-state index in [1.54, 1.807) is 18.2 Å². The minimum Gasteiger partial charge on any atom is -0.465 e. The van der Waals surface area contributed by atoms with Gasteiger partial charge in [-0.25, -0.2) is 4.79 Å². The summed E-state index contributed by atoms with van der Waals surface area (Å²) in [7, 11) is 1.31. The minimum absolute atomic E-state index is 0.335. The standard InChI is InChI=1S/C22H25N3O3/c1-28-22(27)18-10-7-9-17(14-18)21(26)24-20-15-16-8-3-4-11-19(16)25(20)13-6-2-5-12-23/h3-4,7-11,14H,2,5-6,12-13,15,23H2,1H3. The van der Waals surface area contributed by atoms with Crippen molar-refractivity contribution in [3.05, 3.63) is 65.2 Å². The molecule has 0 bridgehead atoms. The molecule has 0 unspecified atom stereocenters. The van der Waals surface area contributed by atoms with Crippen molar-refractivity contribution < 1.29 is 14.3 Å². The number of carbonyl (C=O) groups excluding carboxylic acids is 2. The average molecular weight is 379 g/mol. The summed E-state index contributed by atoms with van der Waals surface area (Å²) in [5.74, 6) is -0.0972. The summed E-state index contributed by atoms with van der Waals surface area (Å²) < 4.78 is 4.72. The molecule has 2 aromatic carbocycles. The second kappa shape index (κ2) is 9.28. The highest BCUT2D eigenvalue weighted by Gasteiger charge is 2.25. The van der Waals surface area contributed by atoms with Crippen molar-refractivity contribution in [2.45, 2.75) is 25.7 Å². The average Bonchev–Trinajstić information content (AvgIpc) is 3.07. The van der Waals surface area contributed by atoms with E-state index in [-0.39, 0.29) is 5.91 Å². The monoisotopic (exact) mass is 379 g/mol. The Hall–Kier alpha value is -2.99. The Labute approximate surface area is 165 Å². The topological polar surface area (TPSA) is 85.0 Å². The molecule has 3 rings (SSSR count). The van der Waals surface area contributed by atoms with Gasteiger partial charge in [0.1, 0.15) is 5.84 Å². The van der Waals surface area contributed by atoms with E-state index >= 15 is 0 Å². The first kappa shape index (κ1) is 19.8. The Kier molecular flexibility index (Phi) is 6.55. The summed E-state index contributed by atoms with van der Waals surface area (Å²) in [5.41, 5.74) is 8.56. The SMILES string of the molecule is COC(=O)c1cccc(C(=O)N=C2Cc3ccccc3N2CCCCCN)c1. The molecule has 1 aliphatic rings. The quantitative estimate of drug-likeness (QED) is 0.590. The van der Waals surface area contributed by atoms with Crippen LogP contribution < -0.4 is 10.6 Å². The number of amides is 1. The number of nitrogens with two attached hydrogens (primary N) is 1. The third-order valence-electron chi connectivity index (χ3n) is 4.79. The number of hydrogen-bond donors (Lipinski definition) is 1. The van der Waals surface area contributed by atoms with Crippen molar-refractivity contribution in [2.24, 2.45) is 10.7 Å². The number of amidine groups is 1. The lowest BCUT2D eigenvalue weighted by atomic mass is 10.1. The third kappa shape index (κ3) is 4.46. The second-order valence-electron chi connectivity index (χ2n) is 6.71. The van der Waals surface area contributed by atoms with Gasteiger partial charge in [-0.3, -0.25) is 4.79 Å². The van der Waals surface area contributed by atoms with Crippen molar-refractivity contribution in [1.29, 1.82) is 0 Å². The number of unbranched alkanes of at least 4 members (excludes halogenated alkanes) is 2. The largest absolute Gasteiger partial charge is 0.465 e. The van der Waals surface area contributed by atoms with E-state index in [4.69, 9.17) is 10.5 Å². The molecule has 1 aliphatic heterocycles. The van der Waals surface area contributed by atoms with E-state index in [0.717, 1.165) is 42.9 Å². The summed E-state index contributed by atoms with van der Waals surface area (Å²) in [4.78, 5) is 31.0. The van der Waals surface area contributed by atoms with Crippen LogP contribution in [0.3, 0.4) is 0 Å². The minimum atomic E-state index is -0.475. The zero-order valence-electron chi connectivity index (χ0n) is 16.1. The predicted molar refractivity (Wildman–Crippen MR) is 110 cm³/mol. The molecule has 6 heteroatoms. The highest BCUT2D eigenvalue weighted by Crippen LogP contribution is 2.29. The molecule has 0 radical (unpaired) electrons. The number of benzene rings is 2. The number of ether oxygens (including phenoxy) is 1. The molecule has 6 nitrogen and oxygen atoms in total. The van der Waals surface area contributed by atoms with Crippen LogP contribution >= 0.6 is 0 Å². The fourth-order valence-electron chi connectivity index (χ4n) is 3.35. The maximum Gasteiger partial charge on any atom is 0.337 e. The maximum absolute atomic E-state index is 12.8. The number of carbonyl (C=O) groups is 2.